The Morgan fingerprint density at radius 2 is 2.00 bits per heavy atom. The van der Waals surface area contributed by atoms with E-state index in [-0.39, 0.29) is 0 Å². The van der Waals surface area contributed by atoms with Gasteiger partial charge in [-0.2, -0.15) is 0 Å². The summed E-state index contributed by atoms with van der Waals surface area (Å²) in [5, 5.41) is 1.62. The minimum absolute atomic E-state index is 0.523. The highest BCUT2D eigenvalue weighted by atomic mass is 32.1. The molecule has 12 heavy (non-hydrogen) atoms. The minimum atomic E-state index is -0.523. The van der Waals surface area contributed by atoms with E-state index in [0.717, 1.165) is 12.8 Å². The largest absolute Gasteiger partial charge is 0.343 e. The topological polar surface area (TPSA) is 18.5 Å². The van der Waals surface area contributed by atoms with Crippen LogP contribution in [0.25, 0.3) is 0 Å². The molecule has 3 heteroatoms. The molecular weight excluding hydrogens is 172 g/mol. The second-order valence-electron chi connectivity index (χ2n) is 3.08. The van der Waals surface area contributed by atoms with Crippen molar-refractivity contribution in [3.63, 3.8) is 0 Å². The molecule has 2 nitrogen and oxygen atoms in total. The van der Waals surface area contributed by atoms with Crippen molar-refractivity contribution >= 4 is 17.6 Å². The molecule has 0 aromatic rings. The average Bonchev–Trinajstić information content (AvgIpc) is 2.55. The van der Waals surface area contributed by atoms with Crippen LogP contribution in [0.5, 0.6) is 0 Å². The van der Waals surface area contributed by atoms with Crippen LogP contribution in [-0.4, -0.2) is 24.4 Å². The van der Waals surface area contributed by atoms with Crippen LogP contribution in [0.2, 0.25) is 0 Å². The van der Waals surface area contributed by atoms with Gasteiger partial charge in [0.05, 0.1) is 13.2 Å². The fourth-order valence-electron chi connectivity index (χ4n) is 1.36. The van der Waals surface area contributed by atoms with E-state index in [1.807, 2.05) is 0 Å². The van der Waals surface area contributed by atoms with Gasteiger partial charge in [-0.05, 0) is 6.42 Å². The lowest BCUT2D eigenvalue weighted by Gasteiger charge is -2.21. The van der Waals surface area contributed by atoms with E-state index in [0.29, 0.717) is 13.2 Å². The zero-order valence-corrected chi connectivity index (χ0v) is 8.36. The minimum Gasteiger partial charge on any atom is -0.343 e. The summed E-state index contributed by atoms with van der Waals surface area (Å²) in [5.74, 6) is -0.523. The number of ether oxygens (including phenoxy) is 2. The molecule has 0 aliphatic carbocycles. The van der Waals surface area contributed by atoms with E-state index in [1.165, 1.54) is 12.8 Å². The Morgan fingerprint density at radius 3 is 2.50 bits per heavy atom. The molecule has 0 N–H and O–H groups in total. The van der Waals surface area contributed by atoms with Crippen molar-refractivity contribution in [2.75, 3.05) is 13.2 Å². The zero-order valence-electron chi connectivity index (χ0n) is 7.54. The van der Waals surface area contributed by atoms with E-state index >= 15 is 0 Å². The van der Waals surface area contributed by atoms with Gasteiger partial charge in [0.1, 0.15) is 0 Å². The SMILES string of the molecule is CCCCCC1(C=S)OCCO1. The number of rotatable bonds is 5. The van der Waals surface area contributed by atoms with Gasteiger partial charge in [-0.25, -0.2) is 0 Å². The molecule has 1 fully saturated rings. The quantitative estimate of drug-likeness (QED) is 0.487. The molecule has 1 heterocycles. The first-order chi connectivity index (χ1) is 5.83. The van der Waals surface area contributed by atoms with E-state index in [2.05, 4.69) is 6.92 Å². The Kier molecular flexibility index (Phi) is 4.12. The number of hydrogen-bond acceptors (Lipinski definition) is 3. The molecule has 0 atom stereocenters. The number of unbranched alkanes of at least 4 members (excludes halogenated alkanes) is 2. The predicted octanol–water partition coefficient (Wildman–Crippen LogP) is 2.31. The Bertz CT molecular complexity index is 141. The van der Waals surface area contributed by atoms with Crippen molar-refractivity contribution in [3.8, 4) is 0 Å². The molecular formula is C9H16O2S. The second-order valence-corrected chi connectivity index (χ2v) is 3.32. The van der Waals surface area contributed by atoms with Gasteiger partial charge in [0, 0.05) is 11.8 Å². The second kappa shape index (κ2) is 4.90. The Labute approximate surface area is 79.2 Å². The summed E-state index contributed by atoms with van der Waals surface area (Å²) in [4.78, 5) is 0. The highest BCUT2D eigenvalue weighted by Gasteiger charge is 2.33. The molecule has 70 valence electrons. The maximum Gasteiger partial charge on any atom is 0.198 e. The third-order valence-corrected chi connectivity index (χ3v) is 2.44. The van der Waals surface area contributed by atoms with Crippen molar-refractivity contribution in [3.05, 3.63) is 0 Å². The lowest BCUT2D eigenvalue weighted by Crippen LogP contribution is -2.30. The van der Waals surface area contributed by atoms with Gasteiger partial charge < -0.3 is 9.47 Å². The molecule has 0 radical (unpaired) electrons. The van der Waals surface area contributed by atoms with Crippen LogP contribution in [0.15, 0.2) is 0 Å². The normalized spacial score (nSPS) is 21.1. The third-order valence-electron chi connectivity index (χ3n) is 2.08. The molecule has 0 spiro atoms. The molecule has 1 aliphatic rings. The van der Waals surface area contributed by atoms with E-state index < -0.39 is 5.79 Å². The Hall–Kier alpha value is 0.0100. The molecule has 1 rings (SSSR count). The first-order valence-corrected chi connectivity index (χ1v) is 5.04. The molecule has 0 saturated carbocycles. The Balaban J connectivity index is 2.29. The van der Waals surface area contributed by atoms with E-state index in [1.54, 1.807) is 5.37 Å². The third kappa shape index (κ3) is 2.51. The lowest BCUT2D eigenvalue weighted by molar-refractivity contribution is -0.0980. The number of thiocarbonyl (C=S) groups is 1. The van der Waals surface area contributed by atoms with Crippen LogP contribution in [0.1, 0.15) is 32.6 Å². The van der Waals surface area contributed by atoms with Crippen molar-refractivity contribution in [2.24, 2.45) is 0 Å². The van der Waals surface area contributed by atoms with Crippen molar-refractivity contribution in [2.45, 2.75) is 38.4 Å². The first-order valence-electron chi connectivity index (χ1n) is 4.57. The van der Waals surface area contributed by atoms with Gasteiger partial charge in [0.2, 0.25) is 0 Å². The molecule has 0 unspecified atom stereocenters. The zero-order chi connectivity index (χ0) is 8.86. The smallest absolute Gasteiger partial charge is 0.198 e. The highest BCUT2D eigenvalue weighted by molar-refractivity contribution is 7.79. The molecule has 0 amide bonds. The first kappa shape index (κ1) is 10.1. The molecule has 1 aliphatic heterocycles. The van der Waals surface area contributed by atoms with Gasteiger partial charge in [-0.15, -0.1) is 0 Å². The van der Waals surface area contributed by atoms with E-state index in [9.17, 15) is 0 Å². The number of hydrogen-bond donors (Lipinski definition) is 0. The van der Waals surface area contributed by atoms with Gasteiger partial charge in [-0.1, -0.05) is 32.0 Å². The van der Waals surface area contributed by atoms with Crippen LogP contribution in [0.3, 0.4) is 0 Å². The van der Waals surface area contributed by atoms with Crippen molar-refractivity contribution < 1.29 is 9.47 Å². The predicted molar refractivity (Wildman–Crippen MR) is 52.4 cm³/mol. The fraction of sp³-hybridized carbons (Fsp3) is 0.889. The monoisotopic (exact) mass is 188 g/mol. The van der Waals surface area contributed by atoms with Gasteiger partial charge >= 0.3 is 0 Å². The summed E-state index contributed by atoms with van der Waals surface area (Å²) >= 11 is 4.90. The standard InChI is InChI=1S/C9H16O2S/c1-2-3-4-5-9(8-12)10-6-7-11-9/h8H,2-7H2,1H3. The lowest BCUT2D eigenvalue weighted by atomic mass is 10.1. The Morgan fingerprint density at radius 1 is 1.33 bits per heavy atom. The van der Waals surface area contributed by atoms with Gasteiger partial charge in [0.25, 0.3) is 0 Å². The van der Waals surface area contributed by atoms with Crippen LogP contribution >= 0.6 is 12.2 Å². The van der Waals surface area contributed by atoms with Gasteiger partial charge in [-0.3, -0.25) is 0 Å². The molecule has 0 bridgehead atoms. The van der Waals surface area contributed by atoms with Crippen LogP contribution in [-0.2, 0) is 9.47 Å². The van der Waals surface area contributed by atoms with Crippen molar-refractivity contribution in [1.29, 1.82) is 0 Å². The fourth-order valence-corrected chi connectivity index (χ4v) is 1.62. The summed E-state index contributed by atoms with van der Waals surface area (Å²) in [6.07, 6.45) is 4.47. The molecule has 0 aromatic carbocycles. The summed E-state index contributed by atoms with van der Waals surface area (Å²) in [6, 6.07) is 0. The molecule has 0 aromatic heterocycles. The maximum atomic E-state index is 5.45. The summed E-state index contributed by atoms with van der Waals surface area (Å²) in [7, 11) is 0. The summed E-state index contributed by atoms with van der Waals surface area (Å²) in [6.45, 7) is 3.54. The van der Waals surface area contributed by atoms with Crippen LogP contribution < -0.4 is 0 Å². The maximum absolute atomic E-state index is 5.45. The van der Waals surface area contributed by atoms with Crippen LogP contribution in [0.4, 0.5) is 0 Å². The molecule has 1 saturated heterocycles. The summed E-state index contributed by atoms with van der Waals surface area (Å²) in [5.41, 5.74) is 0. The summed E-state index contributed by atoms with van der Waals surface area (Å²) < 4.78 is 10.9. The van der Waals surface area contributed by atoms with Crippen molar-refractivity contribution in [1.82, 2.24) is 0 Å². The van der Waals surface area contributed by atoms with Gasteiger partial charge in [0.15, 0.2) is 5.79 Å². The highest BCUT2D eigenvalue weighted by Crippen LogP contribution is 2.24. The van der Waals surface area contributed by atoms with E-state index in [4.69, 9.17) is 21.7 Å². The van der Waals surface area contributed by atoms with Crippen LogP contribution in [0, 0.1) is 0 Å². The average molecular weight is 188 g/mol.